The van der Waals surface area contributed by atoms with Crippen LogP contribution in [0.3, 0.4) is 0 Å². The van der Waals surface area contributed by atoms with E-state index in [1.54, 1.807) is 10.8 Å². The molecule has 3 aromatic rings. The van der Waals surface area contributed by atoms with E-state index in [-0.39, 0.29) is 22.6 Å². The number of hydrogen-bond acceptors (Lipinski definition) is 5. The van der Waals surface area contributed by atoms with Gasteiger partial charge in [-0.05, 0) is 49.8 Å². The van der Waals surface area contributed by atoms with Gasteiger partial charge in [0.25, 0.3) is 5.56 Å². The fraction of sp³-hybridized carbons (Fsp3) is 0.500. The highest BCUT2D eigenvalue weighted by Gasteiger charge is 2.43. The zero-order valence-electron chi connectivity index (χ0n) is 22.0. The van der Waals surface area contributed by atoms with Crippen molar-refractivity contribution < 1.29 is 9.21 Å². The second kappa shape index (κ2) is 11.3. The molecule has 2 aromatic heterocycles. The van der Waals surface area contributed by atoms with Gasteiger partial charge in [0.2, 0.25) is 5.91 Å². The second-order valence-electron chi connectivity index (χ2n) is 10.4. The zero-order chi connectivity index (χ0) is 25.8. The SMILES string of the molecule is CCCN(CCC)C(=O)CSc1nc2c(c(=O)n1Cc1ccco1)C1(CCCCC1)Cc1ccccc1-2. The van der Waals surface area contributed by atoms with Gasteiger partial charge in [-0.25, -0.2) is 4.98 Å². The Balaban J connectivity index is 1.61. The van der Waals surface area contributed by atoms with Crippen molar-refractivity contribution in [3.05, 3.63) is 69.9 Å². The molecule has 1 spiro atoms. The third kappa shape index (κ3) is 5.15. The Morgan fingerprint density at radius 2 is 1.84 bits per heavy atom. The molecule has 2 aliphatic rings. The summed E-state index contributed by atoms with van der Waals surface area (Å²) in [4.78, 5) is 34.6. The maximum Gasteiger partial charge on any atom is 0.258 e. The first-order valence-corrected chi connectivity index (χ1v) is 14.7. The summed E-state index contributed by atoms with van der Waals surface area (Å²) in [6, 6.07) is 12.1. The summed E-state index contributed by atoms with van der Waals surface area (Å²) >= 11 is 1.37. The van der Waals surface area contributed by atoms with Crippen LogP contribution in [0.15, 0.2) is 57.0 Å². The standard InChI is InChI=1S/C30H37N3O3S/c1-3-16-32(17-4-2)25(34)21-37-29-31-27-24-13-7-6-11-22(24)19-30(14-8-5-9-15-30)26(27)28(35)33(29)20-23-12-10-18-36-23/h6-7,10-13,18H,3-5,8-9,14-17,19-21H2,1-2H3. The van der Waals surface area contributed by atoms with Crippen LogP contribution in [0, 0.1) is 0 Å². The lowest BCUT2D eigenvalue weighted by atomic mass is 9.62. The molecule has 0 unspecified atom stereocenters. The highest BCUT2D eigenvalue weighted by Crippen LogP contribution is 2.48. The minimum absolute atomic E-state index is 0.0201. The molecule has 7 heteroatoms. The number of rotatable bonds is 9. The van der Waals surface area contributed by atoms with Crippen LogP contribution in [0.5, 0.6) is 0 Å². The summed E-state index contributed by atoms with van der Waals surface area (Å²) in [5.74, 6) is 1.06. The van der Waals surface area contributed by atoms with Crippen molar-refractivity contribution >= 4 is 17.7 Å². The van der Waals surface area contributed by atoms with Gasteiger partial charge in [0.05, 0.1) is 29.8 Å². The van der Waals surface area contributed by atoms with Crippen LogP contribution in [-0.2, 0) is 23.2 Å². The van der Waals surface area contributed by atoms with Crippen LogP contribution in [0.25, 0.3) is 11.3 Å². The molecule has 37 heavy (non-hydrogen) atoms. The third-order valence-electron chi connectivity index (χ3n) is 7.84. The highest BCUT2D eigenvalue weighted by atomic mass is 32.2. The molecule has 6 nitrogen and oxygen atoms in total. The molecule has 0 atom stereocenters. The van der Waals surface area contributed by atoms with Crippen molar-refractivity contribution in [3.8, 4) is 11.3 Å². The van der Waals surface area contributed by atoms with E-state index in [4.69, 9.17) is 9.40 Å². The van der Waals surface area contributed by atoms with Crippen molar-refractivity contribution in [3.63, 3.8) is 0 Å². The normalized spacial score (nSPS) is 15.8. The Morgan fingerprint density at radius 3 is 2.54 bits per heavy atom. The maximum absolute atomic E-state index is 14.4. The van der Waals surface area contributed by atoms with Crippen LogP contribution in [0.4, 0.5) is 0 Å². The van der Waals surface area contributed by atoms with E-state index in [1.165, 1.54) is 23.7 Å². The Bertz CT molecular complexity index is 1290. The molecule has 1 amide bonds. The smallest absolute Gasteiger partial charge is 0.258 e. The average Bonchev–Trinajstić information content (AvgIpc) is 3.42. The van der Waals surface area contributed by atoms with Gasteiger partial charge in [-0.15, -0.1) is 0 Å². The monoisotopic (exact) mass is 519 g/mol. The number of thioether (sulfide) groups is 1. The molecule has 0 aliphatic heterocycles. The van der Waals surface area contributed by atoms with E-state index in [0.717, 1.165) is 74.9 Å². The Hall–Kier alpha value is -2.80. The van der Waals surface area contributed by atoms with Gasteiger partial charge in [-0.2, -0.15) is 0 Å². The first kappa shape index (κ1) is 25.8. The van der Waals surface area contributed by atoms with E-state index in [0.29, 0.717) is 17.5 Å². The zero-order valence-corrected chi connectivity index (χ0v) is 22.8. The molecule has 2 heterocycles. The summed E-state index contributed by atoms with van der Waals surface area (Å²) in [6.45, 7) is 6.00. The number of benzene rings is 1. The number of fused-ring (bicyclic) bond motifs is 4. The van der Waals surface area contributed by atoms with Crippen molar-refractivity contribution in [2.75, 3.05) is 18.8 Å². The maximum atomic E-state index is 14.4. The quantitative estimate of drug-likeness (QED) is 0.254. The second-order valence-corrected chi connectivity index (χ2v) is 11.4. The number of hydrogen-bond donors (Lipinski definition) is 0. The van der Waals surface area contributed by atoms with E-state index in [9.17, 15) is 9.59 Å². The lowest BCUT2D eigenvalue weighted by Crippen LogP contribution is -2.43. The summed E-state index contributed by atoms with van der Waals surface area (Å²) in [5, 5.41) is 0.587. The van der Waals surface area contributed by atoms with Crippen LogP contribution in [-0.4, -0.2) is 39.2 Å². The molecule has 0 radical (unpaired) electrons. The highest BCUT2D eigenvalue weighted by molar-refractivity contribution is 7.99. The van der Waals surface area contributed by atoms with Gasteiger partial charge in [0, 0.05) is 24.1 Å². The minimum Gasteiger partial charge on any atom is -0.467 e. The van der Waals surface area contributed by atoms with Crippen molar-refractivity contribution in [1.82, 2.24) is 14.5 Å². The van der Waals surface area contributed by atoms with Gasteiger partial charge in [0.1, 0.15) is 5.76 Å². The lowest BCUT2D eigenvalue weighted by Gasteiger charge is -2.42. The molecule has 0 bridgehead atoms. The largest absolute Gasteiger partial charge is 0.467 e. The predicted octanol–water partition coefficient (Wildman–Crippen LogP) is 6.05. The number of amides is 1. The molecule has 0 N–H and O–H groups in total. The lowest BCUT2D eigenvalue weighted by molar-refractivity contribution is -0.128. The summed E-state index contributed by atoms with van der Waals surface area (Å²) in [6.07, 6.45) is 9.89. The molecule has 0 saturated heterocycles. The number of furan rings is 1. The molecular formula is C30H37N3O3S. The topological polar surface area (TPSA) is 68.3 Å². The number of carbonyl (C=O) groups excluding carboxylic acids is 1. The van der Waals surface area contributed by atoms with Gasteiger partial charge < -0.3 is 9.32 Å². The minimum atomic E-state index is -0.172. The van der Waals surface area contributed by atoms with Crippen LogP contribution >= 0.6 is 11.8 Å². The van der Waals surface area contributed by atoms with Crippen molar-refractivity contribution in [1.29, 1.82) is 0 Å². The molecule has 2 aliphatic carbocycles. The van der Waals surface area contributed by atoms with E-state index in [1.807, 2.05) is 23.1 Å². The number of nitrogens with zero attached hydrogens (tertiary/aromatic N) is 3. The van der Waals surface area contributed by atoms with Crippen LogP contribution in [0.1, 0.15) is 75.7 Å². The van der Waals surface area contributed by atoms with E-state index in [2.05, 4.69) is 32.0 Å². The van der Waals surface area contributed by atoms with Crippen LogP contribution in [0.2, 0.25) is 0 Å². The molecule has 1 aromatic carbocycles. The van der Waals surface area contributed by atoms with Gasteiger partial charge >= 0.3 is 0 Å². The average molecular weight is 520 g/mol. The van der Waals surface area contributed by atoms with Crippen molar-refractivity contribution in [2.24, 2.45) is 0 Å². The van der Waals surface area contributed by atoms with E-state index < -0.39 is 0 Å². The van der Waals surface area contributed by atoms with E-state index >= 15 is 0 Å². The fourth-order valence-corrected chi connectivity index (χ4v) is 7.04. The van der Waals surface area contributed by atoms with Crippen molar-refractivity contribution in [2.45, 2.75) is 82.3 Å². The Kier molecular flexibility index (Phi) is 7.89. The predicted molar refractivity (Wildman–Crippen MR) is 148 cm³/mol. The first-order valence-electron chi connectivity index (χ1n) is 13.7. The summed E-state index contributed by atoms with van der Waals surface area (Å²) in [5.41, 5.74) is 3.87. The van der Waals surface area contributed by atoms with Crippen LogP contribution < -0.4 is 5.56 Å². The number of aromatic nitrogens is 2. The third-order valence-corrected chi connectivity index (χ3v) is 8.80. The fourth-order valence-electron chi connectivity index (χ4n) is 6.15. The molecule has 5 rings (SSSR count). The molecule has 1 saturated carbocycles. The Labute approximate surface area is 223 Å². The summed E-state index contributed by atoms with van der Waals surface area (Å²) in [7, 11) is 0. The van der Waals surface area contributed by atoms with Gasteiger partial charge in [-0.1, -0.05) is 69.1 Å². The Morgan fingerprint density at radius 1 is 1.08 bits per heavy atom. The molecule has 196 valence electrons. The number of carbonyl (C=O) groups is 1. The molecule has 1 fully saturated rings. The first-order chi connectivity index (χ1) is 18.1. The van der Waals surface area contributed by atoms with Gasteiger partial charge in [-0.3, -0.25) is 14.2 Å². The summed E-state index contributed by atoms with van der Waals surface area (Å²) < 4.78 is 7.39. The van der Waals surface area contributed by atoms with Gasteiger partial charge in [0.15, 0.2) is 5.16 Å². The molecular weight excluding hydrogens is 482 g/mol.